The van der Waals surface area contributed by atoms with Gasteiger partial charge in [-0.15, -0.1) is 11.8 Å². The Labute approximate surface area is 186 Å². The summed E-state index contributed by atoms with van der Waals surface area (Å²) in [6.07, 6.45) is 3.60. The summed E-state index contributed by atoms with van der Waals surface area (Å²) in [6, 6.07) is 19.9. The number of hydrogen-bond donors (Lipinski definition) is 1. The monoisotopic (exact) mass is 434 g/mol. The number of hydrogen-bond acceptors (Lipinski definition) is 4. The van der Waals surface area contributed by atoms with Gasteiger partial charge in [0.15, 0.2) is 5.69 Å². The number of fused-ring (bicyclic) bond motifs is 1. The molecule has 1 aromatic heterocycles. The van der Waals surface area contributed by atoms with Crippen molar-refractivity contribution in [3.63, 3.8) is 0 Å². The smallest absolute Gasteiger partial charge is 0.272 e. The molecule has 1 aliphatic rings. The zero-order valence-corrected chi connectivity index (χ0v) is 18.4. The van der Waals surface area contributed by atoms with Crippen molar-refractivity contribution in [1.29, 1.82) is 0 Å². The summed E-state index contributed by atoms with van der Waals surface area (Å²) in [4.78, 5) is 28.7. The van der Waals surface area contributed by atoms with E-state index in [0.29, 0.717) is 37.6 Å². The number of aryl methyl sites for hydroxylation is 1. The fourth-order valence-corrected chi connectivity index (χ4v) is 4.11. The van der Waals surface area contributed by atoms with Gasteiger partial charge in [0.1, 0.15) is 5.69 Å². The maximum Gasteiger partial charge on any atom is 0.272 e. The SMILES string of the molecule is CSc1ccc(CCNC(=O)c2cc3n(n2)CCCN(Cc2ccccc2)C3=O)cc1. The van der Waals surface area contributed by atoms with Gasteiger partial charge in [-0.1, -0.05) is 42.5 Å². The van der Waals surface area contributed by atoms with Crippen LogP contribution in [0.25, 0.3) is 0 Å². The summed E-state index contributed by atoms with van der Waals surface area (Å²) < 4.78 is 1.67. The molecule has 7 heteroatoms. The Morgan fingerprint density at radius 1 is 1.06 bits per heavy atom. The summed E-state index contributed by atoms with van der Waals surface area (Å²) in [7, 11) is 0. The number of amides is 2. The topological polar surface area (TPSA) is 67.2 Å². The highest BCUT2D eigenvalue weighted by Gasteiger charge is 2.26. The van der Waals surface area contributed by atoms with Gasteiger partial charge >= 0.3 is 0 Å². The Hall–Kier alpha value is -3.06. The predicted molar refractivity (Wildman–Crippen MR) is 122 cm³/mol. The lowest BCUT2D eigenvalue weighted by atomic mass is 10.1. The molecule has 0 bridgehead atoms. The third-order valence-corrected chi connectivity index (χ3v) is 6.13. The highest BCUT2D eigenvalue weighted by molar-refractivity contribution is 7.98. The molecule has 2 amide bonds. The first kappa shape index (κ1) is 21.2. The Bertz CT molecular complexity index is 1050. The molecule has 160 valence electrons. The molecule has 0 fully saturated rings. The van der Waals surface area contributed by atoms with Crippen molar-refractivity contribution < 1.29 is 9.59 Å². The van der Waals surface area contributed by atoms with Crippen molar-refractivity contribution in [2.75, 3.05) is 19.3 Å². The minimum atomic E-state index is -0.247. The van der Waals surface area contributed by atoms with Crippen LogP contribution >= 0.6 is 11.8 Å². The second-order valence-electron chi connectivity index (χ2n) is 7.56. The molecule has 4 rings (SSSR count). The van der Waals surface area contributed by atoms with Crippen molar-refractivity contribution in [3.8, 4) is 0 Å². The average molecular weight is 435 g/mol. The normalized spacial score (nSPS) is 13.6. The number of nitrogens with zero attached hydrogens (tertiary/aromatic N) is 3. The van der Waals surface area contributed by atoms with Crippen LogP contribution in [0.4, 0.5) is 0 Å². The molecule has 2 heterocycles. The van der Waals surface area contributed by atoms with Crippen LogP contribution in [0.15, 0.2) is 65.6 Å². The van der Waals surface area contributed by atoms with Crippen molar-refractivity contribution in [2.24, 2.45) is 0 Å². The van der Waals surface area contributed by atoms with Crippen molar-refractivity contribution in [3.05, 3.63) is 83.2 Å². The summed E-state index contributed by atoms with van der Waals surface area (Å²) >= 11 is 1.71. The third kappa shape index (κ3) is 5.17. The van der Waals surface area contributed by atoms with Gasteiger partial charge < -0.3 is 10.2 Å². The van der Waals surface area contributed by atoms with Crippen LogP contribution in [-0.2, 0) is 19.5 Å². The van der Waals surface area contributed by atoms with E-state index in [1.807, 2.05) is 41.5 Å². The lowest BCUT2D eigenvalue weighted by molar-refractivity contribution is 0.0745. The van der Waals surface area contributed by atoms with E-state index in [0.717, 1.165) is 18.4 Å². The molecule has 0 saturated carbocycles. The number of aromatic nitrogens is 2. The minimum absolute atomic E-state index is 0.0817. The lowest BCUT2D eigenvalue weighted by Crippen LogP contribution is -2.30. The fraction of sp³-hybridized carbons (Fsp3) is 0.292. The van der Waals surface area contributed by atoms with E-state index in [2.05, 4.69) is 34.7 Å². The van der Waals surface area contributed by atoms with Crippen LogP contribution in [0.5, 0.6) is 0 Å². The molecule has 6 nitrogen and oxygen atoms in total. The van der Waals surface area contributed by atoms with E-state index in [1.54, 1.807) is 22.5 Å². The first-order valence-corrected chi connectivity index (χ1v) is 11.7. The zero-order valence-electron chi connectivity index (χ0n) is 17.6. The van der Waals surface area contributed by atoms with Crippen LogP contribution in [0.3, 0.4) is 0 Å². The van der Waals surface area contributed by atoms with E-state index >= 15 is 0 Å². The van der Waals surface area contributed by atoms with E-state index in [-0.39, 0.29) is 11.8 Å². The van der Waals surface area contributed by atoms with Gasteiger partial charge in [-0.3, -0.25) is 14.3 Å². The van der Waals surface area contributed by atoms with Crippen LogP contribution in [0, 0.1) is 0 Å². The Kier molecular flexibility index (Phi) is 6.72. The van der Waals surface area contributed by atoms with E-state index in [1.165, 1.54) is 10.5 Å². The number of carbonyl (C=O) groups excluding carboxylic acids is 2. The predicted octanol–water partition coefficient (Wildman–Crippen LogP) is 3.62. The largest absolute Gasteiger partial charge is 0.350 e. The van der Waals surface area contributed by atoms with E-state index in [4.69, 9.17) is 0 Å². The maximum absolute atomic E-state index is 13.1. The lowest BCUT2D eigenvalue weighted by Gasteiger charge is -2.20. The van der Waals surface area contributed by atoms with Gasteiger partial charge in [0, 0.05) is 37.1 Å². The van der Waals surface area contributed by atoms with Crippen molar-refractivity contribution in [2.45, 2.75) is 30.8 Å². The molecule has 0 spiro atoms. The molecule has 0 unspecified atom stereocenters. The van der Waals surface area contributed by atoms with Gasteiger partial charge in [-0.25, -0.2) is 0 Å². The quantitative estimate of drug-likeness (QED) is 0.577. The van der Waals surface area contributed by atoms with E-state index in [9.17, 15) is 9.59 Å². The standard InChI is InChI=1S/C24H26N4O2S/c1-31-20-10-8-18(9-11-20)12-13-25-23(29)21-16-22-24(30)27(14-5-15-28(22)26-21)17-19-6-3-2-4-7-19/h2-4,6-11,16H,5,12-15,17H2,1H3,(H,25,29). The first-order valence-electron chi connectivity index (χ1n) is 10.5. The highest BCUT2D eigenvalue weighted by Crippen LogP contribution is 2.17. The molecule has 2 aromatic carbocycles. The van der Waals surface area contributed by atoms with Crippen molar-refractivity contribution >= 4 is 23.6 Å². The van der Waals surface area contributed by atoms with Crippen LogP contribution < -0.4 is 5.32 Å². The van der Waals surface area contributed by atoms with Gasteiger partial charge in [0.2, 0.25) is 0 Å². The summed E-state index contributed by atoms with van der Waals surface area (Å²) in [5.74, 6) is -0.328. The molecule has 0 aliphatic carbocycles. The fourth-order valence-electron chi connectivity index (χ4n) is 3.70. The average Bonchev–Trinajstić information content (AvgIpc) is 3.17. The second-order valence-corrected chi connectivity index (χ2v) is 8.44. The van der Waals surface area contributed by atoms with Gasteiger partial charge in [-0.05, 0) is 42.4 Å². The molecule has 1 N–H and O–H groups in total. The maximum atomic E-state index is 13.1. The summed E-state index contributed by atoms with van der Waals surface area (Å²) in [5, 5.41) is 7.33. The highest BCUT2D eigenvalue weighted by atomic mass is 32.2. The Balaban J connectivity index is 1.38. The van der Waals surface area contributed by atoms with Gasteiger partial charge in [0.25, 0.3) is 11.8 Å². The molecular weight excluding hydrogens is 408 g/mol. The summed E-state index contributed by atoms with van der Waals surface area (Å²) in [6.45, 7) is 2.38. The molecule has 0 radical (unpaired) electrons. The number of benzene rings is 2. The summed E-state index contributed by atoms with van der Waals surface area (Å²) in [5.41, 5.74) is 3.03. The van der Waals surface area contributed by atoms with Crippen LogP contribution in [0.1, 0.15) is 38.5 Å². The molecule has 3 aromatic rings. The van der Waals surface area contributed by atoms with Crippen LogP contribution in [-0.4, -0.2) is 45.8 Å². The number of nitrogens with one attached hydrogen (secondary N) is 1. The number of carbonyl (C=O) groups is 2. The number of rotatable bonds is 7. The Morgan fingerprint density at radius 3 is 2.58 bits per heavy atom. The second kappa shape index (κ2) is 9.83. The zero-order chi connectivity index (χ0) is 21.6. The molecule has 1 aliphatic heterocycles. The van der Waals surface area contributed by atoms with Crippen molar-refractivity contribution in [1.82, 2.24) is 20.0 Å². The number of thioether (sulfide) groups is 1. The third-order valence-electron chi connectivity index (χ3n) is 5.39. The first-order chi connectivity index (χ1) is 15.1. The van der Waals surface area contributed by atoms with Gasteiger partial charge in [-0.2, -0.15) is 5.10 Å². The van der Waals surface area contributed by atoms with Gasteiger partial charge in [0.05, 0.1) is 0 Å². The molecular formula is C24H26N4O2S. The molecule has 0 saturated heterocycles. The minimum Gasteiger partial charge on any atom is -0.350 e. The van der Waals surface area contributed by atoms with Crippen LogP contribution in [0.2, 0.25) is 0 Å². The van der Waals surface area contributed by atoms with E-state index < -0.39 is 0 Å². The Morgan fingerprint density at radius 2 is 1.84 bits per heavy atom. The molecule has 0 atom stereocenters. The molecule has 31 heavy (non-hydrogen) atoms.